The summed E-state index contributed by atoms with van der Waals surface area (Å²) in [4.78, 5) is 33.4. The van der Waals surface area contributed by atoms with Gasteiger partial charge in [0, 0.05) is 51.3 Å². The second kappa shape index (κ2) is 8.63. The summed E-state index contributed by atoms with van der Waals surface area (Å²) in [5.74, 6) is 1.22. The van der Waals surface area contributed by atoms with Crippen LogP contribution >= 0.6 is 12.2 Å². The van der Waals surface area contributed by atoms with Crippen molar-refractivity contribution in [1.29, 1.82) is 0 Å². The van der Waals surface area contributed by atoms with Gasteiger partial charge in [-0.25, -0.2) is 0 Å². The van der Waals surface area contributed by atoms with Crippen molar-refractivity contribution in [3.8, 4) is 11.5 Å². The van der Waals surface area contributed by atoms with Crippen LogP contribution in [0.4, 0.5) is 0 Å². The Hall–Kier alpha value is -2.39. The minimum atomic E-state index is -0.216. The lowest BCUT2D eigenvalue weighted by Crippen LogP contribution is -2.52. The Morgan fingerprint density at radius 1 is 1.06 bits per heavy atom. The fraction of sp³-hybridized carbons (Fsp3) is 0.591. The summed E-state index contributed by atoms with van der Waals surface area (Å²) in [6, 6.07) is 4.10. The average Bonchev–Trinajstić information content (AvgIpc) is 3.26. The highest BCUT2D eigenvalue weighted by molar-refractivity contribution is 7.71. The zero-order valence-corrected chi connectivity index (χ0v) is 18.4. The van der Waals surface area contributed by atoms with Crippen molar-refractivity contribution in [2.45, 2.75) is 51.1 Å². The normalized spacial score (nSPS) is 19.8. The second-order valence-electron chi connectivity index (χ2n) is 8.60. The average molecular weight is 445 g/mol. The molecule has 1 amide bonds. The number of rotatable bonds is 4. The molecule has 0 atom stereocenters. The van der Waals surface area contributed by atoms with Crippen LogP contribution in [0, 0.1) is 4.77 Å². The first-order valence-corrected chi connectivity index (χ1v) is 11.6. The van der Waals surface area contributed by atoms with Gasteiger partial charge in [-0.1, -0.05) is 19.3 Å². The molecule has 1 aliphatic carbocycles. The van der Waals surface area contributed by atoms with E-state index in [0.717, 1.165) is 26.2 Å². The van der Waals surface area contributed by atoms with Crippen LogP contribution in [0.25, 0.3) is 10.9 Å². The third-order valence-electron chi connectivity index (χ3n) is 6.78. The smallest absolute Gasteiger partial charge is 0.262 e. The summed E-state index contributed by atoms with van der Waals surface area (Å²) in [5, 5.41) is 0.478. The maximum Gasteiger partial charge on any atom is 0.262 e. The summed E-state index contributed by atoms with van der Waals surface area (Å²) >= 11 is 5.39. The molecule has 2 fully saturated rings. The highest BCUT2D eigenvalue weighted by atomic mass is 32.1. The summed E-state index contributed by atoms with van der Waals surface area (Å²) < 4.78 is 12.5. The Labute approximate surface area is 185 Å². The van der Waals surface area contributed by atoms with Crippen molar-refractivity contribution >= 4 is 29.0 Å². The van der Waals surface area contributed by atoms with E-state index >= 15 is 0 Å². The van der Waals surface area contributed by atoms with E-state index in [4.69, 9.17) is 21.7 Å². The monoisotopic (exact) mass is 444 g/mol. The molecule has 8 nitrogen and oxygen atoms in total. The molecule has 5 rings (SSSR count). The number of nitrogens with one attached hydrogen (secondary N) is 1. The number of carbonyl (C=O) groups is 1. The van der Waals surface area contributed by atoms with Gasteiger partial charge in [0.25, 0.3) is 5.56 Å². The molecule has 0 unspecified atom stereocenters. The Balaban J connectivity index is 1.24. The minimum absolute atomic E-state index is 0.0791. The molecule has 2 aliphatic heterocycles. The molecule has 0 spiro atoms. The molecule has 1 saturated heterocycles. The van der Waals surface area contributed by atoms with Gasteiger partial charge in [0.15, 0.2) is 16.3 Å². The third-order valence-corrected chi connectivity index (χ3v) is 7.10. The predicted molar refractivity (Wildman–Crippen MR) is 119 cm³/mol. The quantitative estimate of drug-likeness (QED) is 0.731. The van der Waals surface area contributed by atoms with Crippen molar-refractivity contribution in [2.24, 2.45) is 0 Å². The van der Waals surface area contributed by atoms with Gasteiger partial charge in [-0.15, -0.1) is 0 Å². The fourth-order valence-corrected chi connectivity index (χ4v) is 5.28. The van der Waals surface area contributed by atoms with Gasteiger partial charge >= 0.3 is 0 Å². The fourth-order valence-electron chi connectivity index (χ4n) is 4.99. The van der Waals surface area contributed by atoms with Crippen LogP contribution in [0.1, 0.15) is 38.5 Å². The van der Waals surface area contributed by atoms with Gasteiger partial charge in [0.05, 0.1) is 10.9 Å². The van der Waals surface area contributed by atoms with E-state index in [-0.39, 0.29) is 31.2 Å². The van der Waals surface area contributed by atoms with Crippen LogP contribution in [0.5, 0.6) is 11.5 Å². The molecular formula is C22H28N4O4S. The molecule has 1 N–H and O–H groups in total. The summed E-state index contributed by atoms with van der Waals surface area (Å²) in [6.07, 6.45) is 6.85. The van der Waals surface area contributed by atoms with Crippen LogP contribution in [0.15, 0.2) is 16.9 Å². The van der Waals surface area contributed by atoms with Crippen LogP contribution in [0.3, 0.4) is 0 Å². The number of aromatic nitrogens is 2. The molecule has 31 heavy (non-hydrogen) atoms. The molecule has 2 aromatic rings. The van der Waals surface area contributed by atoms with E-state index in [1.54, 1.807) is 12.1 Å². The lowest BCUT2D eigenvalue weighted by Gasteiger charge is -2.40. The number of fused-ring (bicyclic) bond motifs is 2. The minimum Gasteiger partial charge on any atom is -0.454 e. The zero-order valence-electron chi connectivity index (χ0n) is 17.6. The third kappa shape index (κ3) is 4.08. The molecule has 1 saturated carbocycles. The topological polar surface area (TPSA) is 79.8 Å². The molecule has 9 heteroatoms. The van der Waals surface area contributed by atoms with E-state index in [0.29, 0.717) is 33.2 Å². The summed E-state index contributed by atoms with van der Waals surface area (Å²) in [5.41, 5.74) is 0.396. The number of hydrogen-bond acceptors (Lipinski definition) is 6. The summed E-state index contributed by atoms with van der Waals surface area (Å²) in [6.45, 7) is 3.82. The van der Waals surface area contributed by atoms with E-state index in [1.807, 2.05) is 4.90 Å². The Bertz CT molecular complexity index is 1100. The number of amides is 1. The van der Waals surface area contributed by atoms with Crippen LogP contribution in [-0.4, -0.2) is 64.3 Å². The van der Waals surface area contributed by atoms with Gasteiger partial charge < -0.3 is 19.4 Å². The molecule has 166 valence electrons. The van der Waals surface area contributed by atoms with E-state index < -0.39 is 0 Å². The summed E-state index contributed by atoms with van der Waals surface area (Å²) in [7, 11) is 0. The van der Waals surface area contributed by atoms with Crippen molar-refractivity contribution < 1.29 is 14.3 Å². The first-order chi connectivity index (χ1) is 15.1. The molecule has 3 aliphatic rings. The maximum atomic E-state index is 13.0. The Kier molecular flexibility index (Phi) is 5.71. The van der Waals surface area contributed by atoms with Crippen LogP contribution in [-0.2, 0) is 11.3 Å². The maximum absolute atomic E-state index is 13.0. The number of aromatic amines is 1. The molecule has 0 bridgehead atoms. The molecular weight excluding hydrogens is 416 g/mol. The van der Waals surface area contributed by atoms with Crippen molar-refractivity contribution in [3.05, 3.63) is 27.3 Å². The Morgan fingerprint density at radius 2 is 1.77 bits per heavy atom. The van der Waals surface area contributed by atoms with Gasteiger partial charge in [-0.2, -0.15) is 0 Å². The lowest BCUT2D eigenvalue weighted by molar-refractivity contribution is -0.133. The highest BCUT2D eigenvalue weighted by Crippen LogP contribution is 2.34. The number of piperazine rings is 1. The number of ether oxygens (including phenoxy) is 2. The largest absolute Gasteiger partial charge is 0.454 e. The van der Waals surface area contributed by atoms with Crippen molar-refractivity contribution in [3.63, 3.8) is 0 Å². The van der Waals surface area contributed by atoms with Gasteiger partial charge in [0.2, 0.25) is 12.7 Å². The number of carbonyl (C=O) groups excluding carboxylic acids is 1. The molecule has 1 aromatic carbocycles. The van der Waals surface area contributed by atoms with Gasteiger partial charge in [-0.3, -0.25) is 19.1 Å². The molecule has 1 aromatic heterocycles. The number of benzene rings is 1. The van der Waals surface area contributed by atoms with Crippen molar-refractivity contribution in [1.82, 2.24) is 19.4 Å². The predicted octanol–water partition coefficient (Wildman–Crippen LogP) is 2.65. The standard InChI is InChI=1S/C22H28N4O4S/c27-20(25-10-8-24(9-11-25)15-4-2-1-3-5-15)6-7-26-21(28)16-12-18-19(30-14-29-18)13-17(16)23-22(26)31/h12-13,15H,1-11,14H2,(H,23,31). The SMILES string of the molecule is O=C(CCn1c(=S)[nH]c2cc3c(cc2c1=O)OCO3)N1CCN(C2CCCCC2)CC1. The molecule has 0 radical (unpaired) electrons. The van der Waals surface area contributed by atoms with Crippen LogP contribution in [0.2, 0.25) is 0 Å². The number of nitrogens with zero attached hydrogens (tertiary/aromatic N) is 3. The Morgan fingerprint density at radius 3 is 2.52 bits per heavy atom. The first-order valence-electron chi connectivity index (χ1n) is 11.2. The number of hydrogen-bond donors (Lipinski definition) is 1. The molecule has 3 heterocycles. The van der Waals surface area contributed by atoms with Crippen molar-refractivity contribution in [2.75, 3.05) is 33.0 Å². The van der Waals surface area contributed by atoms with Crippen LogP contribution < -0.4 is 15.0 Å². The zero-order chi connectivity index (χ0) is 21.4. The second-order valence-corrected chi connectivity index (χ2v) is 8.98. The lowest BCUT2D eigenvalue weighted by atomic mass is 9.94. The van der Waals surface area contributed by atoms with E-state index in [9.17, 15) is 9.59 Å². The highest BCUT2D eigenvalue weighted by Gasteiger charge is 2.27. The van der Waals surface area contributed by atoms with Gasteiger partial charge in [0.1, 0.15) is 0 Å². The number of H-pyrrole nitrogens is 1. The first kappa shape index (κ1) is 20.5. The van der Waals surface area contributed by atoms with E-state index in [2.05, 4.69) is 9.88 Å². The van der Waals surface area contributed by atoms with E-state index in [1.165, 1.54) is 36.7 Å². The van der Waals surface area contributed by atoms with Gasteiger partial charge in [-0.05, 0) is 31.1 Å².